The van der Waals surface area contributed by atoms with Crippen molar-refractivity contribution in [2.24, 2.45) is 10.2 Å². The Hall–Kier alpha value is -2.35. The van der Waals surface area contributed by atoms with Gasteiger partial charge in [0.2, 0.25) is 5.91 Å². The third-order valence-corrected chi connectivity index (χ3v) is 3.66. The number of benzene rings is 1. The van der Waals surface area contributed by atoms with Crippen LogP contribution in [0.5, 0.6) is 5.75 Å². The van der Waals surface area contributed by atoms with Gasteiger partial charge in [-0.3, -0.25) is 4.79 Å². The topological polar surface area (TPSA) is 103 Å². The Morgan fingerprint density at radius 2 is 2.19 bits per heavy atom. The summed E-state index contributed by atoms with van der Waals surface area (Å²) >= 11 is 0.907. The number of aliphatic carboxylic acids is 1. The number of hydrogen-bond donors (Lipinski definition) is 1. The number of hydrogen-bond acceptors (Lipinski definition) is 7. The molecule has 0 saturated carbocycles. The molecule has 1 aliphatic heterocycles. The Morgan fingerprint density at radius 1 is 1.48 bits per heavy atom. The first-order chi connectivity index (χ1) is 10.1. The van der Waals surface area contributed by atoms with Gasteiger partial charge in [-0.1, -0.05) is 11.8 Å². The van der Waals surface area contributed by atoms with E-state index in [9.17, 15) is 14.7 Å². The number of thioether (sulfide) groups is 1. The van der Waals surface area contributed by atoms with E-state index in [1.54, 1.807) is 31.4 Å². The lowest BCUT2D eigenvalue weighted by Gasteiger charge is -2.22. The normalized spacial score (nSPS) is 20.5. The Kier molecular flexibility index (Phi) is 4.94. The zero-order valence-corrected chi connectivity index (χ0v) is 11.9. The maximum atomic E-state index is 11.3. The quantitative estimate of drug-likeness (QED) is 0.610. The molecule has 1 fully saturated rings. The SMILES string of the molecule is COc1ccc(/C=N\N=C2/NC(=O)C[C@@H](C(=O)[O-])S2)cc1. The number of amides is 1. The van der Waals surface area contributed by atoms with E-state index in [0.29, 0.717) is 0 Å². The highest BCUT2D eigenvalue weighted by Gasteiger charge is 2.25. The highest BCUT2D eigenvalue weighted by molar-refractivity contribution is 8.15. The van der Waals surface area contributed by atoms with Crippen LogP contribution in [-0.4, -0.2) is 35.6 Å². The van der Waals surface area contributed by atoms with Gasteiger partial charge in [0.1, 0.15) is 5.75 Å². The van der Waals surface area contributed by atoms with Crippen molar-refractivity contribution in [1.29, 1.82) is 0 Å². The third kappa shape index (κ3) is 4.32. The molecule has 2 rings (SSSR count). The lowest BCUT2D eigenvalue weighted by Crippen LogP contribution is -2.44. The van der Waals surface area contributed by atoms with Crippen LogP contribution in [0.2, 0.25) is 0 Å². The van der Waals surface area contributed by atoms with Crippen molar-refractivity contribution in [3.05, 3.63) is 29.8 Å². The fourth-order valence-corrected chi connectivity index (χ4v) is 2.43. The maximum absolute atomic E-state index is 11.3. The fourth-order valence-electron chi connectivity index (χ4n) is 1.56. The van der Waals surface area contributed by atoms with E-state index in [1.165, 1.54) is 6.21 Å². The Bertz CT molecular complexity index is 598. The van der Waals surface area contributed by atoms with Crippen LogP contribution in [0.4, 0.5) is 0 Å². The monoisotopic (exact) mass is 306 g/mol. The Labute approximate surface area is 125 Å². The van der Waals surface area contributed by atoms with Crippen molar-refractivity contribution in [2.45, 2.75) is 11.7 Å². The molecule has 1 aromatic carbocycles. The lowest BCUT2D eigenvalue weighted by atomic mass is 10.2. The molecule has 1 N–H and O–H groups in total. The molecule has 0 radical (unpaired) electrons. The zero-order chi connectivity index (χ0) is 15.2. The second kappa shape index (κ2) is 6.89. The van der Waals surface area contributed by atoms with E-state index in [-0.39, 0.29) is 11.6 Å². The van der Waals surface area contributed by atoms with Crippen molar-refractivity contribution in [2.75, 3.05) is 7.11 Å². The second-order valence-electron chi connectivity index (χ2n) is 4.10. The number of carboxylic acids is 1. The molecule has 1 saturated heterocycles. The van der Waals surface area contributed by atoms with Crippen LogP contribution in [0.25, 0.3) is 0 Å². The molecule has 0 bridgehead atoms. The van der Waals surface area contributed by atoms with Crippen LogP contribution in [0.3, 0.4) is 0 Å². The molecule has 1 aliphatic rings. The molecule has 1 aromatic rings. The predicted octanol–water partition coefficient (Wildman–Crippen LogP) is -0.243. The van der Waals surface area contributed by atoms with Gasteiger partial charge in [-0.05, 0) is 29.8 Å². The average molecular weight is 306 g/mol. The van der Waals surface area contributed by atoms with Gasteiger partial charge in [0.05, 0.1) is 24.5 Å². The summed E-state index contributed by atoms with van der Waals surface area (Å²) in [5.74, 6) is -0.978. The van der Waals surface area contributed by atoms with Gasteiger partial charge in [0, 0.05) is 6.42 Å². The summed E-state index contributed by atoms with van der Waals surface area (Å²) in [6.45, 7) is 0. The van der Waals surface area contributed by atoms with E-state index < -0.39 is 17.1 Å². The highest BCUT2D eigenvalue weighted by atomic mass is 32.2. The molecular formula is C13H12N3O4S-. The van der Waals surface area contributed by atoms with Crippen molar-refractivity contribution in [3.63, 3.8) is 0 Å². The van der Waals surface area contributed by atoms with Crippen LogP contribution < -0.4 is 15.2 Å². The first-order valence-corrected chi connectivity index (χ1v) is 6.89. The minimum atomic E-state index is -1.29. The van der Waals surface area contributed by atoms with Gasteiger partial charge >= 0.3 is 0 Å². The summed E-state index contributed by atoms with van der Waals surface area (Å²) in [6, 6.07) is 7.13. The van der Waals surface area contributed by atoms with Gasteiger partial charge in [-0.15, -0.1) is 5.10 Å². The summed E-state index contributed by atoms with van der Waals surface area (Å²) in [5.41, 5.74) is 0.795. The molecule has 0 aromatic heterocycles. The summed E-state index contributed by atoms with van der Waals surface area (Å²) in [4.78, 5) is 22.1. The highest BCUT2D eigenvalue weighted by Crippen LogP contribution is 2.19. The summed E-state index contributed by atoms with van der Waals surface area (Å²) in [5, 5.41) is 20.1. The molecular weight excluding hydrogens is 294 g/mol. The number of carbonyl (C=O) groups excluding carboxylic acids is 2. The number of methoxy groups -OCH3 is 1. The van der Waals surface area contributed by atoms with Crippen LogP contribution in [0.1, 0.15) is 12.0 Å². The number of nitrogens with zero attached hydrogens (tertiary/aromatic N) is 2. The molecule has 21 heavy (non-hydrogen) atoms. The summed E-state index contributed by atoms with van der Waals surface area (Å²) in [7, 11) is 1.58. The molecule has 7 nitrogen and oxygen atoms in total. The number of carboxylic acid groups (broad SMARTS) is 1. The first kappa shape index (κ1) is 15.0. The van der Waals surface area contributed by atoms with Crippen LogP contribution >= 0.6 is 11.8 Å². The molecule has 1 atom stereocenters. The smallest absolute Gasteiger partial charge is 0.227 e. The minimum absolute atomic E-state index is 0.131. The summed E-state index contributed by atoms with van der Waals surface area (Å²) in [6.07, 6.45) is 1.36. The van der Waals surface area contributed by atoms with Crippen molar-refractivity contribution >= 4 is 35.0 Å². The van der Waals surface area contributed by atoms with Gasteiger partial charge in [-0.2, -0.15) is 5.10 Å². The zero-order valence-electron chi connectivity index (χ0n) is 11.1. The van der Waals surface area contributed by atoms with E-state index in [4.69, 9.17) is 4.74 Å². The molecule has 8 heteroatoms. The molecule has 1 amide bonds. The average Bonchev–Trinajstić information content (AvgIpc) is 2.47. The van der Waals surface area contributed by atoms with E-state index in [1.807, 2.05) is 0 Å². The fraction of sp³-hybridized carbons (Fsp3) is 0.231. The molecule has 0 aliphatic carbocycles. The first-order valence-electron chi connectivity index (χ1n) is 6.01. The molecule has 0 spiro atoms. The molecule has 0 unspecified atom stereocenters. The molecule has 1 heterocycles. The number of rotatable bonds is 4. The van der Waals surface area contributed by atoms with Gasteiger partial charge in [0.25, 0.3) is 0 Å². The lowest BCUT2D eigenvalue weighted by molar-refractivity contribution is -0.304. The van der Waals surface area contributed by atoms with E-state index in [0.717, 1.165) is 23.1 Å². The maximum Gasteiger partial charge on any atom is 0.227 e. The van der Waals surface area contributed by atoms with Gasteiger partial charge < -0.3 is 20.0 Å². The minimum Gasteiger partial charge on any atom is -0.549 e. The largest absolute Gasteiger partial charge is 0.549 e. The predicted molar refractivity (Wildman–Crippen MR) is 77.2 cm³/mol. The van der Waals surface area contributed by atoms with Crippen LogP contribution in [0, 0.1) is 0 Å². The van der Waals surface area contributed by atoms with Gasteiger partial charge in [0.15, 0.2) is 5.17 Å². The van der Waals surface area contributed by atoms with Crippen molar-refractivity contribution < 1.29 is 19.4 Å². The number of carbonyl (C=O) groups is 2. The number of amidine groups is 1. The number of ether oxygens (including phenoxy) is 1. The van der Waals surface area contributed by atoms with Crippen LogP contribution in [0.15, 0.2) is 34.5 Å². The van der Waals surface area contributed by atoms with Crippen LogP contribution in [-0.2, 0) is 9.59 Å². The Morgan fingerprint density at radius 3 is 2.81 bits per heavy atom. The summed E-state index contributed by atoms with van der Waals surface area (Å²) < 4.78 is 5.03. The second-order valence-corrected chi connectivity index (χ2v) is 5.29. The molecule has 110 valence electrons. The van der Waals surface area contributed by atoms with Gasteiger partial charge in [-0.25, -0.2) is 0 Å². The van der Waals surface area contributed by atoms with E-state index >= 15 is 0 Å². The standard InChI is InChI=1S/C13H13N3O4S/c1-20-9-4-2-8(3-5-9)7-14-16-13-15-11(17)6-10(21-13)12(18)19/h2-5,7,10H,6H2,1H3,(H,18,19)(H,15,16,17)/p-1/b14-7-/t10-/m0/s1. The number of nitrogens with one attached hydrogen (secondary N) is 1. The third-order valence-electron chi connectivity index (χ3n) is 2.61. The Balaban J connectivity index is 2.03. The van der Waals surface area contributed by atoms with Crippen molar-refractivity contribution in [3.8, 4) is 5.75 Å². The van der Waals surface area contributed by atoms with E-state index in [2.05, 4.69) is 15.5 Å². The van der Waals surface area contributed by atoms with Crippen molar-refractivity contribution in [1.82, 2.24) is 5.32 Å².